The van der Waals surface area contributed by atoms with Crippen LogP contribution in [0.2, 0.25) is 10.0 Å². The summed E-state index contributed by atoms with van der Waals surface area (Å²) in [5, 5.41) is 2.87. The van der Waals surface area contributed by atoms with Gasteiger partial charge in [0.05, 0.1) is 0 Å². The highest BCUT2D eigenvalue weighted by molar-refractivity contribution is 7.98. The molecule has 4 rings (SSSR count). The van der Waals surface area contributed by atoms with E-state index in [0.717, 1.165) is 23.0 Å². The first-order valence-electron chi connectivity index (χ1n) is 9.20. The van der Waals surface area contributed by atoms with Crippen molar-refractivity contribution < 1.29 is 0 Å². The third-order valence-corrected chi connectivity index (χ3v) is 6.44. The number of fused-ring (bicyclic) bond motifs is 1. The topological polar surface area (TPSA) is 4.93 Å². The number of aromatic nitrogens is 1. The third kappa shape index (κ3) is 3.96. The number of hydrogen-bond acceptors (Lipinski definition) is 1. The summed E-state index contributed by atoms with van der Waals surface area (Å²) < 4.78 is 2.41. The van der Waals surface area contributed by atoms with Gasteiger partial charge in [0.25, 0.3) is 0 Å². The van der Waals surface area contributed by atoms with Gasteiger partial charge < -0.3 is 4.57 Å². The van der Waals surface area contributed by atoms with Gasteiger partial charge in [0.2, 0.25) is 0 Å². The zero-order valence-electron chi connectivity index (χ0n) is 15.9. The summed E-state index contributed by atoms with van der Waals surface area (Å²) in [4.78, 5) is 1.29. The molecule has 0 saturated carbocycles. The molecule has 4 heteroatoms. The molecule has 0 saturated heterocycles. The Morgan fingerprint density at radius 2 is 1.43 bits per heavy atom. The maximum Gasteiger partial charge on any atom is 0.0489 e. The molecule has 3 aromatic carbocycles. The van der Waals surface area contributed by atoms with Gasteiger partial charge in [-0.15, -0.1) is 11.8 Å². The van der Waals surface area contributed by atoms with Crippen LogP contribution in [-0.2, 0) is 13.0 Å². The van der Waals surface area contributed by atoms with E-state index in [-0.39, 0.29) is 0 Å². The van der Waals surface area contributed by atoms with Gasteiger partial charge in [0.15, 0.2) is 0 Å². The summed E-state index contributed by atoms with van der Waals surface area (Å²) in [6.07, 6.45) is 3.02. The molecule has 0 aliphatic carbocycles. The van der Waals surface area contributed by atoms with Crippen LogP contribution >= 0.6 is 35.0 Å². The fraction of sp³-hybridized carbons (Fsp3) is 0.167. The van der Waals surface area contributed by atoms with Crippen molar-refractivity contribution >= 4 is 45.9 Å². The van der Waals surface area contributed by atoms with Crippen LogP contribution in [0.5, 0.6) is 0 Å². The number of hydrogen-bond donors (Lipinski definition) is 0. The number of halogens is 2. The molecule has 0 N–H and O–H groups in total. The molecule has 0 unspecified atom stereocenters. The summed E-state index contributed by atoms with van der Waals surface area (Å²) in [7, 11) is 0. The van der Waals surface area contributed by atoms with E-state index in [4.69, 9.17) is 23.2 Å². The van der Waals surface area contributed by atoms with Crippen molar-refractivity contribution in [1.29, 1.82) is 0 Å². The van der Waals surface area contributed by atoms with Crippen molar-refractivity contribution in [2.24, 2.45) is 0 Å². The lowest BCUT2D eigenvalue weighted by molar-refractivity contribution is 0.798. The van der Waals surface area contributed by atoms with E-state index in [2.05, 4.69) is 60.2 Å². The second-order valence-corrected chi connectivity index (χ2v) is 8.72. The molecule has 1 nitrogen and oxygen atoms in total. The van der Waals surface area contributed by atoms with Crippen LogP contribution in [0, 0.1) is 6.92 Å². The van der Waals surface area contributed by atoms with Gasteiger partial charge in [0, 0.05) is 38.1 Å². The predicted octanol–water partition coefficient (Wildman–Crippen LogP) is 7.62. The van der Waals surface area contributed by atoms with Crippen LogP contribution in [0.3, 0.4) is 0 Å². The molecule has 4 aromatic rings. The SMILES string of the molecule is CSc1ccc2c(c1)c(Cc1ccc(Cl)cc1)c(C)n2Cc1ccc(Cl)cc1. The van der Waals surface area contributed by atoms with Gasteiger partial charge in [-0.25, -0.2) is 0 Å². The van der Waals surface area contributed by atoms with Gasteiger partial charge in [-0.05, 0) is 78.8 Å². The first-order valence-corrected chi connectivity index (χ1v) is 11.2. The molecule has 0 fully saturated rings. The van der Waals surface area contributed by atoms with Crippen LogP contribution < -0.4 is 0 Å². The minimum Gasteiger partial charge on any atom is -0.340 e. The Morgan fingerprint density at radius 3 is 2.04 bits per heavy atom. The fourth-order valence-corrected chi connectivity index (χ4v) is 4.36. The largest absolute Gasteiger partial charge is 0.340 e. The fourth-order valence-electron chi connectivity index (χ4n) is 3.66. The van der Waals surface area contributed by atoms with Crippen molar-refractivity contribution in [3.8, 4) is 0 Å². The lowest BCUT2D eigenvalue weighted by Crippen LogP contribution is -2.02. The molecule has 142 valence electrons. The maximum absolute atomic E-state index is 6.07. The van der Waals surface area contributed by atoms with Crippen LogP contribution in [0.4, 0.5) is 0 Å². The molecule has 0 aliphatic heterocycles. The van der Waals surface area contributed by atoms with E-state index in [0.29, 0.717) is 0 Å². The average Bonchev–Trinajstić information content (AvgIpc) is 2.96. The summed E-state index contributed by atoms with van der Waals surface area (Å²) >= 11 is 13.9. The monoisotopic (exact) mass is 425 g/mol. The molecule has 0 aliphatic rings. The Hall–Kier alpha value is -1.87. The number of thioether (sulfide) groups is 1. The average molecular weight is 426 g/mol. The van der Waals surface area contributed by atoms with Crippen molar-refractivity contribution in [2.75, 3.05) is 6.26 Å². The number of benzene rings is 3. The third-order valence-electron chi connectivity index (χ3n) is 5.21. The van der Waals surface area contributed by atoms with Crippen LogP contribution in [0.1, 0.15) is 22.4 Å². The zero-order chi connectivity index (χ0) is 19.7. The van der Waals surface area contributed by atoms with Crippen molar-refractivity contribution in [2.45, 2.75) is 24.8 Å². The van der Waals surface area contributed by atoms with Crippen molar-refractivity contribution in [1.82, 2.24) is 4.57 Å². The summed E-state index contributed by atoms with van der Waals surface area (Å²) in [6.45, 7) is 3.05. The quantitative estimate of drug-likeness (QED) is 0.297. The molecule has 0 bridgehead atoms. The molecular formula is C24H21Cl2NS. The summed E-state index contributed by atoms with van der Waals surface area (Å²) in [5.74, 6) is 0. The highest BCUT2D eigenvalue weighted by Gasteiger charge is 2.15. The number of nitrogens with zero attached hydrogens (tertiary/aromatic N) is 1. The molecule has 28 heavy (non-hydrogen) atoms. The van der Waals surface area contributed by atoms with Gasteiger partial charge in [-0.2, -0.15) is 0 Å². The van der Waals surface area contributed by atoms with Gasteiger partial charge in [-0.1, -0.05) is 47.5 Å². The number of rotatable bonds is 5. The molecule has 0 spiro atoms. The Labute approximate surface area is 180 Å². The predicted molar refractivity (Wildman–Crippen MR) is 123 cm³/mol. The van der Waals surface area contributed by atoms with Crippen molar-refractivity contribution in [3.05, 3.63) is 99.2 Å². The zero-order valence-corrected chi connectivity index (χ0v) is 18.2. The highest BCUT2D eigenvalue weighted by Crippen LogP contribution is 2.32. The lowest BCUT2D eigenvalue weighted by Gasteiger charge is -2.10. The van der Waals surface area contributed by atoms with E-state index < -0.39 is 0 Å². The standard InChI is InChI=1S/C24H21Cl2NS/c1-16-22(13-17-3-7-19(25)8-4-17)23-14-21(28-2)11-12-24(23)27(16)15-18-5-9-20(26)10-6-18/h3-12,14H,13,15H2,1-2H3. The molecule has 1 heterocycles. The molecule has 1 aromatic heterocycles. The molecule has 0 amide bonds. The first-order chi connectivity index (χ1) is 13.5. The highest BCUT2D eigenvalue weighted by atomic mass is 35.5. The van der Waals surface area contributed by atoms with Crippen molar-refractivity contribution in [3.63, 3.8) is 0 Å². The van der Waals surface area contributed by atoms with Gasteiger partial charge in [-0.3, -0.25) is 0 Å². The minimum atomic E-state index is 0.769. The molecule has 0 atom stereocenters. The lowest BCUT2D eigenvalue weighted by atomic mass is 10.0. The van der Waals surface area contributed by atoms with Gasteiger partial charge in [0.1, 0.15) is 0 Å². The van der Waals surface area contributed by atoms with E-state index >= 15 is 0 Å². The minimum absolute atomic E-state index is 0.769. The normalized spacial score (nSPS) is 11.3. The van der Waals surface area contributed by atoms with Crippen LogP contribution in [0.15, 0.2) is 71.6 Å². The second kappa shape index (κ2) is 8.24. The molecular weight excluding hydrogens is 405 g/mol. The van der Waals surface area contributed by atoms with E-state index in [1.165, 1.54) is 38.2 Å². The Morgan fingerprint density at radius 1 is 0.821 bits per heavy atom. The van der Waals surface area contributed by atoms with Crippen LogP contribution in [-0.4, -0.2) is 10.8 Å². The van der Waals surface area contributed by atoms with E-state index in [9.17, 15) is 0 Å². The maximum atomic E-state index is 6.07. The Balaban J connectivity index is 1.81. The first kappa shape index (κ1) is 19.4. The van der Waals surface area contributed by atoms with Gasteiger partial charge >= 0.3 is 0 Å². The van der Waals surface area contributed by atoms with E-state index in [1.54, 1.807) is 11.8 Å². The Kier molecular flexibility index (Phi) is 5.73. The smallest absolute Gasteiger partial charge is 0.0489 e. The van der Waals surface area contributed by atoms with E-state index in [1.807, 2.05) is 24.3 Å². The summed E-state index contributed by atoms with van der Waals surface area (Å²) in [5.41, 5.74) is 6.47. The summed E-state index contributed by atoms with van der Waals surface area (Å²) in [6, 6.07) is 23.0. The Bertz CT molecular complexity index is 1110. The second-order valence-electron chi connectivity index (χ2n) is 6.96. The van der Waals surface area contributed by atoms with Crippen LogP contribution in [0.25, 0.3) is 10.9 Å². The molecule has 0 radical (unpaired) electrons.